The van der Waals surface area contributed by atoms with Crippen LogP contribution in [0.25, 0.3) is 0 Å². The molecule has 1 unspecified atom stereocenters. The Labute approximate surface area is 95.8 Å². The lowest BCUT2D eigenvalue weighted by Crippen LogP contribution is -2.41. The molecule has 1 saturated heterocycles. The summed E-state index contributed by atoms with van der Waals surface area (Å²) >= 11 is 0. The molecule has 1 N–H and O–H groups in total. The van der Waals surface area contributed by atoms with Gasteiger partial charge in [-0.15, -0.1) is 0 Å². The SMILES string of the molecule is COc1ccc(C2(C)CCCNC2)cc1F. The number of methoxy groups -OCH3 is 1. The Morgan fingerprint density at radius 2 is 2.25 bits per heavy atom. The molecule has 0 aliphatic carbocycles. The van der Waals surface area contributed by atoms with Crippen LogP contribution in [0.15, 0.2) is 18.2 Å². The standard InChI is InChI=1S/C13H18FNO/c1-13(6-3-7-15-9-13)10-4-5-12(16-2)11(14)8-10/h4-5,8,15H,3,6-7,9H2,1-2H3. The van der Waals surface area contributed by atoms with Crippen LogP contribution >= 0.6 is 0 Å². The van der Waals surface area contributed by atoms with Gasteiger partial charge in [0.25, 0.3) is 0 Å². The van der Waals surface area contributed by atoms with Gasteiger partial charge in [-0.25, -0.2) is 4.39 Å². The van der Waals surface area contributed by atoms with Crippen molar-refractivity contribution in [2.75, 3.05) is 20.2 Å². The third kappa shape index (κ3) is 2.05. The second-order valence-electron chi connectivity index (χ2n) is 4.69. The molecule has 0 spiro atoms. The van der Waals surface area contributed by atoms with Crippen LogP contribution in [0.2, 0.25) is 0 Å². The average Bonchev–Trinajstić information content (AvgIpc) is 2.30. The van der Waals surface area contributed by atoms with E-state index in [0.717, 1.165) is 31.5 Å². The van der Waals surface area contributed by atoms with Gasteiger partial charge in [-0.05, 0) is 37.1 Å². The summed E-state index contributed by atoms with van der Waals surface area (Å²) in [5.41, 5.74) is 1.10. The van der Waals surface area contributed by atoms with Gasteiger partial charge in [0.15, 0.2) is 11.6 Å². The van der Waals surface area contributed by atoms with Crippen LogP contribution in [0.5, 0.6) is 5.75 Å². The lowest BCUT2D eigenvalue weighted by Gasteiger charge is -2.34. The highest BCUT2D eigenvalue weighted by atomic mass is 19.1. The van der Waals surface area contributed by atoms with E-state index in [4.69, 9.17) is 4.74 Å². The summed E-state index contributed by atoms with van der Waals surface area (Å²) in [5.74, 6) is 0.0444. The van der Waals surface area contributed by atoms with E-state index >= 15 is 0 Å². The van der Waals surface area contributed by atoms with E-state index in [1.54, 1.807) is 12.1 Å². The first kappa shape index (κ1) is 11.4. The zero-order chi connectivity index (χ0) is 11.6. The fraction of sp³-hybridized carbons (Fsp3) is 0.538. The van der Waals surface area contributed by atoms with Crippen molar-refractivity contribution < 1.29 is 9.13 Å². The second kappa shape index (κ2) is 4.42. The number of ether oxygens (including phenoxy) is 1. The van der Waals surface area contributed by atoms with E-state index in [9.17, 15) is 4.39 Å². The largest absolute Gasteiger partial charge is 0.494 e. The summed E-state index contributed by atoms with van der Waals surface area (Å²) in [4.78, 5) is 0. The zero-order valence-corrected chi connectivity index (χ0v) is 9.85. The molecule has 0 bridgehead atoms. The summed E-state index contributed by atoms with van der Waals surface area (Å²) < 4.78 is 18.6. The number of rotatable bonds is 2. The molecule has 0 saturated carbocycles. The molecule has 1 aromatic carbocycles. The van der Waals surface area contributed by atoms with E-state index < -0.39 is 0 Å². The molecule has 3 heteroatoms. The predicted octanol–water partition coefficient (Wildman–Crippen LogP) is 2.48. The topological polar surface area (TPSA) is 21.3 Å². The molecular weight excluding hydrogens is 205 g/mol. The summed E-state index contributed by atoms with van der Waals surface area (Å²) in [7, 11) is 1.49. The Hall–Kier alpha value is -1.09. The van der Waals surface area contributed by atoms with E-state index in [1.807, 2.05) is 6.07 Å². The number of hydrogen-bond acceptors (Lipinski definition) is 2. The van der Waals surface area contributed by atoms with Gasteiger partial charge >= 0.3 is 0 Å². The number of benzene rings is 1. The predicted molar refractivity (Wildman–Crippen MR) is 62.4 cm³/mol. The minimum Gasteiger partial charge on any atom is -0.494 e. The van der Waals surface area contributed by atoms with Crippen LogP contribution in [-0.2, 0) is 5.41 Å². The van der Waals surface area contributed by atoms with Gasteiger partial charge in [-0.2, -0.15) is 0 Å². The summed E-state index contributed by atoms with van der Waals surface area (Å²) in [6.45, 7) is 4.16. The van der Waals surface area contributed by atoms with Crippen LogP contribution in [-0.4, -0.2) is 20.2 Å². The Bertz CT molecular complexity index is 372. The molecule has 0 radical (unpaired) electrons. The number of piperidine rings is 1. The first-order valence-corrected chi connectivity index (χ1v) is 5.70. The van der Waals surface area contributed by atoms with Crippen molar-refractivity contribution in [3.8, 4) is 5.75 Å². The fourth-order valence-corrected chi connectivity index (χ4v) is 2.34. The van der Waals surface area contributed by atoms with Crippen molar-refractivity contribution in [3.63, 3.8) is 0 Å². The Morgan fingerprint density at radius 1 is 1.44 bits per heavy atom. The molecule has 1 heterocycles. The highest BCUT2D eigenvalue weighted by Crippen LogP contribution is 2.32. The molecule has 1 fully saturated rings. The molecule has 2 rings (SSSR count). The highest BCUT2D eigenvalue weighted by molar-refractivity contribution is 5.34. The van der Waals surface area contributed by atoms with Crippen molar-refractivity contribution in [3.05, 3.63) is 29.6 Å². The van der Waals surface area contributed by atoms with E-state index in [2.05, 4.69) is 12.2 Å². The van der Waals surface area contributed by atoms with Gasteiger partial charge in [0.1, 0.15) is 0 Å². The third-order valence-electron chi connectivity index (χ3n) is 3.45. The van der Waals surface area contributed by atoms with Gasteiger partial charge in [-0.3, -0.25) is 0 Å². The zero-order valence-electron chi connectivity index (χ0n) is 9.85. The molecule has 88 valence electrons. The Kier molecular flexibility index (Phi) is 3.15. The van der Waals surface area contributed by atoms with Crippen molar-refractivity contribution >= 4 is 0 Å². The van der Waals surface area contributed by atoms with Gasteiger partial charge in [0.2, 0.25) is 0 Å². The molecule has 0 amide bonds. The van der Waals surface area contributed by atoms with Crippen LogP contribution in [0.1, 0.15) is 25.3 Å². The summed E-state index contributed by atoms with van der Waals surface area (Å²) in [5, 5.41) is 3.37. The van der Waals surface area contributed by atoms with Gasteiger partial charge < -0.3 is 10.1 Å². The first-order valence-electron chi connectivity index (χ1n) is 5.70. The van der Waals surface area contributed by atoms with Gasteiger partial charge in [0, 0.05) is 12.0 Å². The molecular formula is C13H18FNO. The monoisotopic (exact) mass is 223 g/mol. The Morgan fingerprint density at radius 3 is 2.81 bits per heavy atom. The fourth-order valence-electron chi connectivity index (χ4n) is 2.34. The normalized spacial score (nSPS) is 25.4. The lowest BCUT2D eigenvalue weighted by molar-refractivity contribution is 0.336. The van der Waals surface area contributed by atoms with E-state index in [0.29, 0.717) is 5.75 Å². The van der Waals surface area contributed by atoms with Gasteiger partial charge in [-0.1, -0.05) is 13.0 Å². The van der Waals surface area contributed by atoms with Crippen molar-refractivity contribution in [1.82, 2.24) is 5.32 Å². The minimum absolute atomic E-state index is 0.0470. The minimum atomic E-state index is -0.271. The third-order valence-corrected chi connectivity index (χ3v) is 3.45. The molecule has 16 heavy (non-hydrogen) atoms. The molecule has 1 aliphatic heterocycles. The Balaban J connectivity index is 2.29. The van der Waals surface area contributed by atoms with Crippen molar-refractivity contribution in [2.45, 2.75) is 25.2 Å². The quantitative estimate of drug-likeness (QED) is 0.831. The molecule has 1 aliphatic rings. The molecule has 2 nitrogen and oxygen atoms in total. The highest BCUT2D eigenvalue weighted by Gasteiger charge is 2.29. The maximum atomic E-state index is 13.6. The molecule has 0 aromatic heterocycles. The second-order valence-corrected chi connectivity index (χ2v) is 4.69. The number of nitrogens with one attached hydrogen (secondary N) is 1. The van der Waals surface area contributed by atoms with Crippen LogP contribution in [0.4, 0.5) is 4.39 Å². The van der Waals surface area contributed by atoms with E-state index in [1.165, 1.54) is 7.11 Å². The average molecular weight is 223 g/mol. The molecule has 1 atom stereocenters. The summed E-state index contributed by atoms with van der Waals surface area (Å²) in [6.07, 6.45) is 2.25. The molecule has 1 aromatic rings. The maximum absolute atomic E-state index is 13.6. The van der Waals surface area contributed by atoms with E-state index in [-0.39, 0.29) is 11.2 Å². The number of hydrogen-bond donors (Lipinski definition) is 1. The van der Waals surface area contributed by atoms with Crippen LogP contribution in [0.3, 0.4) is 0 Å². The smallest absolute Gasteiger partial charge is 0.165 e. The van der Waals surface area contributed by atoms with Crippen LogP contribution < -0.4 is 10.1 Å². The van der Waals surface area contributed by atoms with Gasteiger partial charge in [0.05, 0.1) is 7.11 Å². The van der Waals surface area contributed by atoms with Crippen molar-refractivity contribution in [1.29, 1.82) is 0 Å². The van der Waals surface area contributed by atoms with Crippen LogP contribution in [0, 0.1) is 5.82 Å². The first-order chi connectivity index (χ1) is 7.65. The summed E-state index contributed by atoms with van der Waals surface area (Å²) in [6, 6.07) is 5.28. The van der Waals surface area contributed by atoms with Crippen molar-refractivity contribution in [2.24, 2.45) is 0 Å². The lowest BCUT2D eigenvalue weighted by atomic mass is 9.76. The maximum Gasteiger partial charge on any atom is 0.165 e. The number of halogens is 1.